The second-order valence-electron chi connectivity index (χ2n) is 5.64. The molecule has 0 bridgehead atoms. The van der Waals surface area contributed by atoms with E-state index in [0.717, 1.165) is 5.56 Å². The van der Waals surface area contributed by atoms with Gasteiger partial charge in [-0.1, -0.05) is 30.3 Å². The zero-order chi connectivity index (χ0) is 17.5. The molecule has 0 fully saturated rings. The Labute approximate surface area is 142 Å². The van der Waals surface area contributed by atoms with E-state index >= 15 is 0 Å². The molecule has 24 heavy (non-hydrogen) atoms. The van der Waals surface area contributed by atoms with E-state index in [4.69, 9.17) is 14.2 Å². The van der Waals surface area contributed by atoms with Crippen molar-refractivity contribution >= 4 is 5.97 Å². The summed E-state index contributed by atoms with van der Waals surface area (Å²) in [6, 6.07) is 14.7. The van der Waals surface area contributed by atoms with Gasteiger partial charge in [0, 0.05) is 6.54 Å². The summed E-state index contributed by atoms with van der Waals surface area (Å²) in [7, 11) is 6.98. The standard InChI is InChI=1S/C19H23NO4/c1-20(2)13-18(14-8-6-5-7-9-14)24-19(21)15-10-11-16(22-3)17(12-15)23-4/h5-12,18H,13H2,1-4H3. The van der Waals surface area contributed by atoms with Crippen molar-refractivity contribution < 1.29 is 19.0 Å². The Morgan fingerprint density at radius 3 is 2.25 bits per heavy atom. The number of rotatable bonds is 7. The maximum absolute atomic E-state index is 12.5. The fourth-order valence-corrected chi connectivity index (χ4v) is 2.37. The third-order valence-corrected chi connectivity index (χ3v) is 3.57. The van der Waals surface area contributed by atoms with E-state index in [1.165, 1.54) is 7.11 Å². The summed E-state index contributed by atoms with van der Waals surface area (Å²) in [6.45, 7) is 0.600. The van der Waals surface area contributed by atoms with Crippen LogP contribution in [0.1, 0.15) is 22.0 Å². The molecule has 0 saturated carbocycles. The molecular formula is C19H23NO4. The normalized spacial score (nSPS) is 11.9. The van der Waals surface area contributed by atoms with Gasteiger partial charge in [0.05, 0.1) is 19.8 Å². The fourth-order valence-electron chi connectivity index (χ4n) is 2.37. The Morgan fingerprint density at radius 1 is 1.00 bits per heavy atom. The number of esters is 1. The molecular weight excluding hydrogens is 306 g/mol. The Hall–Kier alpha value is -2.53. The van der Waals surface area contributed by atoms with Crippen molar-refractivity contribution in [2.24, 2.45) is 0 Å². The van der Waals surface area contributed by atoms with E-state index in [-0.39, 0.29) is 6.10 Å². The molecule has 0 aliphatic carbocycles. The molecule has 5 heteroatoms. The molecule has 0 aromatic heterocycles. The maximum atomic E-state index is 12.5. The van der Waals surface area contributed by atoms with Crippen LogP contribution < -0.4 is 9.47 Å². The van der Waals surface area contributed by atoms with E-state index < -0.39 is 5.97 Å². The van der Waals surface area contributed by atoms with Crippen LogP contribution >= 0.6 is 0 Å². The van der Waals surface area contributed by atoms with Gasteiger partial charge < -0.3 is 19.1 Å². The van der Waals surface area contributed by atoms with E-state index in [2.05, 4.69) is 0 Å². The lowest BCUT2D eigenvalue weighted by Gasteiger charge is -2.22. The molecule has 1 unspecified atom stereocenters. The van der Waals surface area contributed by atoms with Gasteiger partial charge in [-0.15, -0.1) is 0 Å². The van der Waals surface area contributed by atoms with Crippen LogP contribution in [0.5, 0.6) is 11.5 Å². The minimum absolute atomic E-state index is 0.346. The highest BCUT2D eigenvalue weighted by atomic mass is 16.5. The van der Waals surface area contributed by atoms with Crippen molar-refractivity contribution in [2.75, 3.05) is 34.9 Å². The summed E-state index contributed by atoms with van der Waals surface area (Å²) < 4.78 is 16.2. The predicted molar refractivity (Wildman–Crippen MR) is 92.7 cm³/mol. The van der Waals surface area contributed by atoms with Crippen LogP contribution in [0.15, 0.2) is 48.5 Å². The minimum Gasteiger partial charge on any atom is -0.493 e. The molecule has 5 nitrogen and oxygen atoms in total. The number of hydrogen-bond acceptors (Lipinski definition) is 5. The van der Waals surface area contributed by atoms with Crippen LogP contribution in [0.3, 0.4) is 0 Å². The molecule has 0 amide bonds. The molecule has 128 valence electrons. The van der Waals surface area contributed by atoms with Crippen molar-refractivity contribution in [2.45, 2.75) is 6.10 Å². The summed E-state index contributed by atoms with van der Waals surface area (Å²) in [4.78, 5) is 14.5. The molecule has 1 atom stereocenters. The summed E-state index contributed by atoms with van der Waals surface area (Å²) in [6.07, 6.45) is -0.346. The smallest absolute Gasteiger partial charge is 0.338 e. The van der Waals surface area contributed by atoms with Crippen molar-refractivity contribution in [3.8, 4) is 11.5 Å². The zero-order valence-electron chi connectivity index (χ0n) is 14.5. The first kappa shape index (κ1) is 17.8. The lowest BCUT2D eigenvalue weighted by atomic mass is 10.1. The molecule has 0 N–H and O–H groups in total. The SMILES string of the molecule is COc1ccc(C(=O)OC(CN(C)C)c2ccccc2)cc1OC. The van der Waals surface area contributed by atoms with Gasteiger partial charge >= 0.3 is 5.97 Å². The van der Waals surface area contributed by atoms with Gasteiger partial charge in [0.1, 0.15) is 6.10 Å². The number of carbonyl (C=O) groups is 1. The Balaban J connectivity index is 2.21. The monoisotopic (exact) mass is 329 g/mol. The van der Waals surface area contributed by atoms with Gasteiger partial charge in [0.2, 0.25) is 0 Å². The van der Waals surface area contributed by atoms with Gasteiger partial charge in [0.25, 0.3) is 0 Å². The third kappa shape index (κ3) is 4.49. The second-order valence-corrected chi connectivity index (χ2v) is 5.64. The topological polar surface area (TPSA) is 48.0 Å². The Bertz CT molecular complexity index is 670. The number of methoxy groups -OCH3 is 2. The number of likely N-dealkylation sites (N-methyl/N-ethyl adjacent to an activating group) is 1. The van der Waals surface area contributed by atoms with Gasteiger partial charge in [-0.2, -0.15) is 0 Å². The summed E-state index contributed by atoms with van der Waals surface area (Å²) in [5, 5.41) is 0. The lowest BCUT2D eigenvalue weighted by molar-refractivity contribution is 0.0236. The number of benzene rings is 2. The first-order valence-corrected chi connectivity index (χ1v) is 7.67. The zero-order valence-corrected chi connectivity index (χ0v) is 14.5. The largest absolute Gasteiger partial charge is 0.493 e. The highest BCUT2D eigenvalue weighted by Gasteiger charge is 2.20. The van der Waals surface area contributed by atoms with Gasteiger partial charge in [-0.3, -0.25) is 0 Å². The first-order chi connectivity index (χ1) is 11.5. The van der Waals surface area contributed by atoms with E-state index in [0.29, 0.717) is 23.6 Å². The number of carbonyl (C=O) groups excluding carboxylic acids is 1. The fraction of sp³-hybridized carbons (Fsp3) is 0.316. The molecule has 0 heterocycles. The van der Waals surface area contributed by atoms with Gasteiger partial charge in [-0.25, -0.2) is 4.79 Å². The van der Waals surface area contributed by atoms with Crippen molar-refractivity contribution in [3.63, 3.8) is 0 Å². The van der Waals surface area contributed by atoms with Crippen molar-refractivity contribution in [1.82, 2.24) is 4.90 Å². The molecule has 0 radical (unpaired) electrons. The molecule has 0 spiro atoms. The van der Waals surface area contributed by atoms with Crippen molar-refractivity contribution in [1.29, 1.82) is 0 Å². The highest BCUT2D eigenvalue weighted by molar-refractivity contribution is 5.90. The lowest BCUT2D eigenvalue weighted by Crippen LogP contribution is -2.24. The second kappa shape index (κ2) is 8.36. The van der Waals surface area contributed by atoms with E-state index in [1.54, 1.807) is 25.3 Å². The third-order valence-electron chi connectivity index (χ3n) is 3.57. The number of ether oxygens (including phenoxy) is 3. The van der Waals surface area contributed by atoms with E-state index in [9.17, 15) is 4.79 Å². The van der Waals surface area contributed by atoms with Crippen LogP contribution in [0, 0.1) is 0 Å². The Kier molecular flexibility index (Phi) is 6.21. The molecule has 0 aliphatic heterocycles. The molecule has 0 aliphatic rings. The quantitative estimate of drug-likeness (QED) is 0.730. The summed E-state index contributed by atoms with van der Waals surface area (Å²) >= 11 is 0. The van der Waals surface area contributed by atoms with Gasteiger partial charge in [0.15, 0.2) is 11.5 Å². The maximum Gasteiger partial charge on any atom is 0.338 e. The van der Waals surface area contributed by atoms with E-state index in [1.807, 2.05) is 49.3 Å². The van der Waals surface area contributed by atoms with Gasteiger partial charge in [-0.05, 0) is 37.9 Å². The first-order valence-electron chi connectivity index (χ1n) is 7.67. The van der Waals surface area contributed by atoms with Crippen LogP contribution in [0.4, 0.5) is 0 Å². The summed E-state index contributed by atoms with van der Waals surface area (Å²) in [5.41, 5.74) is 1.38. The highest BCUT2D eigenvalue weighted by Crippen LogP contribution is 2.29. The molecule has 2 rings (SSSR count). The molecule has 0 saturated heterocycles. The minimum atomic E-state index is -0.397. The predicted octanol–water partition coefficient (Wildman–Crippen LogP) is 3.16. The average Bonchev–Trinajstić information content (AvgIpc) is 2.60. The van der Waals surface area contributed by atoms with Crippen LogP contribution in [0.2, 0.25) is 0 Å². The van der Waals surface area contributed by atoms with Crippen LogP contribution in [-0.2, 0) is 4.74 Å². The molecule has 2 aromatic carbocycles. The average molecular weight is 329 g/mol. The van der Waals surface area contributed by atoms with Crippen LogP contribution in [0.25, 0.3) is 0 Å². The number of nitrogens with zero attached hydrogens (tertiary/aromatic N) is 1. The number of hydrogen-bond donors (Lipinski definition) is 0. The molecule has 2 aromatic rings. The van der Waals surface area contributed by atoms with Crippen molar-refractivity contribution in [3.05, 3.63) is 59.7 Å². The summed E-state index contributed by atoms with van der Waals surface area (Å²) in [5.74, 6) is 0.671. The van der Waals surface area contributed by atoms with Crippen LogP contribution in [-0.4, -0.2) is 45.7 Å². The Morgan fingerprint density at radius 2 is 1.67 bits per heavy atom.